The first-order chi connectivity index (χ1) is 10.2. The van der Waals surface area contributed by atoms with E-state index in [4.69, 9.17) is 0 Å². The molecule has 5 heteroatoms. The zero-order valence-electron chi connectivity index (χ0n) is 12.8. The third-order valence-electron chi connectivity index (χ3n) is 4.01. The van der Waals surface area contributed by atoms with Crippen molar-refractivity contribution >= 4 is 15.9 Å². The summed E-state index contributed by atoms with van der Waals surface area (Å²) >= 11 is 3.72. The van der Waals surface area contributed by atoms with E-state index in [1.54, 1.807) is 0 Å². The van der Waals surface area contributed by atoms with Crippen molar-refractivity contribution < 1.29 is 0 Å². The van der Waals surface area contributed by atoms with Crippen LogP contribution in [0.3, 0.4) is 0 Å². The molecule has 0 atom stereocenters. The molecule has 1 N–H and O–H groups in total. The van der Waals surface area contributed by atoms with Crippen LogP contribution < -0.4 is 5.32 Å². The molecule has 0 saturated heterocycles. The Morgan fingerprint density at radius 2 is 2.19 bits per heavy atom. The van der Waals surface area contributed by atoms with Gasteiger partial charge in [0.1, 0.15) is 0 Å². The number of rotatable bonds is 7. The highest BCUT2D eigenvalue weighted by Crippen LogP contribution is 2.24. The van der Waals surface area contributed by atoms with E-state index in [-0.39, 0.29) is 0 Å². The number of nitrogens with one attached hydrogen (secondary N) is 1. The van der Waals surface area contributed by atoms with Gasteiger partial charge in [0.25, 0.3) is 0 Å². The summed E-state index contributed by atoms with van der Waals surface area (Å²) in [5.74, 6) is 0. The van der Waals surface area contributed by atoms with Crippen LogP contribution in [-0.4, -0.2) is 20.4 Å². The first kappa shape index (κ1) is 14.9. The van der Waals surface area contributed by atoms with E-state index in [2.05, 4.69) is 67.9 Å². The standard InChI is InChI=1S/C16H23BrN4/c1-3-14-16(17)15(21(4-2)19-14)11-20-8-7-12(10-20)9-18-13-5-6-13/h7-8,10,13,18H,3-6,9,11H2,1-2H3. The molecule has 114 valence electrons. The molecule has 0 unspecified atom stereocenters. The average Bonchev–Trinajstić information content (AvgIpc) is 3.14. The fourth-order valence-corrected chi connectivity index (χ4v) is 3.27. The average molecular weight is 351 g/mol. The van der Waals surface area contributed by atoms with Crippen molar-refractivity contribution in [3.63, 3.8) is 0 Å². The predicted molar refractivity (Wildman–Crippen MR) is 88.4 cm³/mol. The molecule has 1 aliphatic rings. The second kappa shape index (κ2) is 6.36. The maximum Gasteiger partial charge on any atom is 0.0767 e. The van der Waals surface area contributed by atoms with E-state index in [0.29, 0.717) is 0 Å². The maximum atomic E-state index is 4.66. The summed E-state index contributed by atoms with van der Waals surface area (Å²) < 4.78 is 5.51. The van der Waals surface area contributed by atoms with Crippen LogP contribution in [0.1, 0.15) is 43.6 Å². The zero-order valence-corrected chi connectivity index (χ0v) is 14.4. The number of aromatic nitrogens is 3. The molecule has 2 aromatic heterocycles. The number of nitrogens with zero attached hydrogens (tertiary/aromatic N) is 3. The zero-order chi connectivity index (χ0) is 14.8. The topological polar surface area (TPSA) is 34.8 Å². The summed E-state index contributed by atoms with van der Waals surface area (Å²) in [4.78, 5) is 0. The van der Waals surface area contributed by atoms with Gasteiger partial charge in [-0.15, -0.1) is 0 Å². The fourth-order valence-electron chi connectivity index (χ4n) is 2.58. The van der Waals surface area contributed by atoms with Gasteiger partial charge in [0.2, 0.25) is 0 Å². The summed E-state index contributed by atoms with van der Waals surface area (Å²) in [6, 6.07) is 2.97. The van der Waals surface area contributed by atoms with E-state index in [1.807, 2.05) is 0 Å². The second-order valence-electron chi connectivity index (χ2n) is 5.72. The number of hydrogen-bond acceptors (Lipinski definition) is 2. The van der Waals surface area contributed by atoms with Gasteiger partial charge in [-0.1, -0.05) is 6.92 Å². The van der Waals surface area contributed by atoms with Crippen LogP contribution in [0.15, 0.2) is 22.9 Å². The first-order valence-electron chi connectivity index (χ1n) is 7.83. The summed E-state index contributed by atoms with van der Waals surface area (Å²) in [5, 5.41) is 8.22. The third kappa shape index (κ3) is 3.40. The van der Waals surface area contributed by atoms with E-state index < -0.39 is 0 Å². The van der Waals surface area contributed by atoms with Crippen molar-refractivity contribution in [1.82, 2.24) is 19.7 Å². The molecule has 1 saturated carbocycles. The molecule has 0 radical (unpaired) electrons. The molecule has 3 rings (SSSR count). The summed E-state index contributed by atoms with van der Waals surface area (Å²) in [5.41, 5.74) is 3.76. The monoisotopic (exact) mass is 350 g/mol. The van der Waals surface area contributed by atoms with Gasteiger partial charge in [-0.3, -0.25) is 4.68 Å². The van der Waals surface area contributed by atoms with Gasteiger partial charge in [-0.2, -0.15) is 5.10 Å². The highest BCUT2D eigenvalue weighted by Gasteiger charge is 2.20. The molecular formula is C16H23BrN4. The predicted octanol–water partition coefficient (Wildman–Crippen LogP) is 3.33. The fraction of sp³-hybridized carbons (Fsp3) is 0.562. The molecule has 21 heavy (non-hydrogen) atoms. The second-order valence-corrected chi connectivity index (χ2v) is 6.52. The quantitative estimate of drug-likeness (QED) is 0.830. The van der Waals surface area contributed by atoms with Crippen molar-refractivity contribution in [2.24, 2.45) is 0 Å². The van der Waals surface area contributed by atoms with Gasteiger partial charge in [0.05, 0.1) is 22.4 Å². The number of hydrogen-bond donors (Lipinski definition) is 1. The Balaban J connectivity index is 1.71. The van der Waals surface area contributed by atoms with Crippen LogP contribution in [0.2, 0.25) is 0 Å². The number of aryl methyl sites for hydroxylation is 2. The van der Waals surface area contributed by atoms with E-state index in [9.17, 15) is 0 Å². The Bertz CT molecular complexity index is 610. The van der Waals surface area contributed by atoms with Crippen LogP contribution >= 0.6 is 15.9 Å². The maximum absolute atomic E-state index is 4.66. The summed E-state index contributed by atoms with van der Waals surface area (Å²) in [6.07, 6.45) is 8.03. The van der Waals surface area contributed by atoms with Crippen LogP contribution in [0.4, 0.5) is 0 Å². The molecule has 1 fully saturated rings. The molecule has 0 bridgehead atoms. The van der Waals surface area contributed by atoms with Crippen LogP contribution in [0, 0.1) is 0 Å². The summed E-state index contributed by atoms with van der Waals surface area (Å²) in [7, 11) is 0. The van der Waals surface area contributed by atoms with Gasteiger partial charge in [-0.05, 0) is 53.7 Å². The minimum atomic E-state index is 0.760. The lowest BCUT2D eigenvalue weighted by molar-refractivity contribution is 0.594. The van der Waals surface area contributed by atoms with E-state index in [1.165, 1.54) is 28.6 Å². The lowest BCUT2D eigenvalue weighted by atomic mass is 10.3. The lowest BCUT2D eigenvalue weighted by Gasteiger charge is -2.07. The van der Waals surface area contributed by atoms with Gasteiger partial charge in [0.15, 0.2) is 0 Å². The van der Waals surface area contributed by atoms with Crippen molar-refractivity contribution in [2.75, 3.05) is 0 Å². The Kier molecular flexibility index (Phi) is 4.50. The molecule has 0 amide bonds. The molecule has 0 aromatic carbocycles. The van der Waals surface area contributed by atoms with Gasteiger partial charge >= 0.3 is 0 Å². The first-order valence-corrected chi connectivity index (χ1v) is 8.62. The van der Waals surface area contributed by atoms with Gasteiger partial charge in [-0.25, -0.2) is 0 Å². The van der Waals surface area contributed by atoms with E-state index in [0.717, 1.165) is 37.8 Å². The van der Waals surface area contributed by atoms with Gasteiger partial charge in [0, 0.05) is 31.5 Å². The summed E-state index contributed by atoms with van der Waals surface area (Å²) in [6.45, 7) is 7.04. The van der Waals surface area contributed by atoms with E-state index >= 15 is 0 Å². The number of halogens is 1. The van der Waals surface area contributed by atoms with Gasteiger partial charge < -0.3 is 9.88 Å². The molecule has 0 spiro atoms. The Morgan fingerprint density at radius 1 is 1.38 bits per heavy atom. The molecular weight excluding hydrogens is 328 g/mol. The minimum Gasteiger partial charge on any atom is -0.348 e. The van der Waals surface area contributed by atoms with Crippen molar-refractivity contribution in [2.45, 2.75) is 58.8 Å². The van der Waals surface area contributed by atoms with Crippen LogP contribution in [0.5, 0.6) is 0 Å². The molecule has 1 aliphatic carbocycles. The molecule has 4 nitrogen and oxygen atoms in total. The molecule has 0 aliphatic heterocycles. The van der Waals surface area contributed by atoms with Crippen molar-refractivity contribution in [1.29, 1.82) is 0 Å². The highest BCUT2D eigenvalue weighted by atomic mass is 79.9. The normalized spacial score (nSPS) is 14.8. The minimum absolute atomic E-state index is 0.760. The van der Waals surface area contributed by atoms with Crippen molar-refractivity contribution in [3.8, 4) is 0 Å². The lowest BCUT2D eigenvalue weighted by Crippen LogP contribution is -2.14. The van der Waals surface area contributed by atoms with Crippen LogP contribution in [-0.2, 0) is 26.1 Å². The Hall–Kier alpha value is -1.07. The highest BCUT2D eigenvalue weighted by molar-refractivity contribution is 9.10. The molecule has 2 aromatic rings. The third-order valence-corrected chi connectivity index (χ3v) is 4.93. The Morgan fingerprint density at radius 3 is 2.86 bits per heavy atom. The largest absolute Gasteiger partial charge is 0.348 e. The SMILES string of the molecule is CCc1nn(CC)c(Cn2ccc(CNC3CC3)c2)c1Br. The molecule has 2 heterocycles. The smallest absolute Gasteiger partial charge is 0.0767 e. The van der Waals surface area contributed by atoms with Crippen molar-refractivity contribution in [3.05, 3.63) is 39.9 Å². The van der Waals surface area contributed by atoms with Crippen LogP contribution in [0.25, 0.3) is 0 Å². The Labute approximate surface area is 134 Å².